The van der Waals surface area contributed by atoms with Crippen LogP contribution < -0.4 is 10.2 Å². The third-order valence-electron chi connectivity index (χ3n) is 16.4. The highest BCUT2D eigenvalue weighted by Gasteiger charge is 2.27. The zero-order valence-electron chi connectivity index (χ0n) is 57.5. The second kappa shape index (κ2) is 65.4. The maximum Gasteiger partial charge on any atom is 0.306 e. The molecule has 0 aromatic heterocycles. The normalized spacial score (nSPS) is 13.9. The summed E-state index contributed by atoms with van der Waals surface area (Å²) in [6.45, 7) is 6.83. The van der Waals surface area contributed by atoms with Gasteiger partial charge in [0.25, 0.3) is 7.82 Å². The van der Waals surface area contributed by atoms with Gasteiger partial charge < -0.3 is 28.5 Å². The van der Waals surface area contributed by atoms with Gasteiger partial charge in [-0.3, -0.25) is 14.2 Å². The van der Waals surface area contributed by atoms with Crippen LogP contribution in [0.4, 0.5) is 0 Å². The van der Waals surface area contributed by atoms with Gasteiger partial charge in [0.05, 0.1) is 33.8 Å². The summed E-state index contributed by atoms with van der Waals surface area (Å²) in [7, 11) is 1.19. The monoisotopic (exact) mass is 1230 g/mol. The third-order valence-corrected chi connectivity index (χ3v) is 17.3. The maximum atomic E-state index is 13.6. The molecule has 502 valence electrons. The summed E-state index contributed by atoms with van der Waals surface area (Å²) < 4.78 is 30.5. The lowest BCUT2D eigenvalue weighted by atomic mass is 10.0. The van der Waals surface area contributed by atoms with Gasteiger partial charge >= 0.3 is 5.97 Å². The first-order valence-corrected chi connectivity index (χ1v) is 38.2. The fourth-order valence-electron chi connectivity index (χ4n) is 10.7. The van der Waals surface area contributed by atoms with Crippen LogP contribution in [-0.2, 0) is 27.9 Å². The van der Waals surface area contributed by atoms with Gasteiger partial charge in [0, 0.05) is 12.8 Å². The van der Waals surface area contributed by atoms with Crippen molar-refractivity contribution >= 4 is 19.7 Å². The maximum absolute atomic E-state index is 13.6. The van der Waals surface area contributed by atoms with E-state index in [2.05, 4.69) is 86.8 Å². The van der Waals surface area contributed by atoms with E-state index in [0.29, 0.717) is 17.4 Å². The molecule has 0 spiro atoms. The highest BCUT2D eigenvalue weighted by Crippen LogP contribution is 2.38. The zero-order valence-corrected chi connectivity index (χ0v) is 58.4. The van der Waals surface area contributed by atoms with E-state index in [-0.39, 0.29) is 31.5 Å². The van der Waals surface area contributed by atoms with Crippen LogP contribution in [0.2, 0.25) is 0 Å². The fourth-order valence-corrected chi connectivity index (χ4v) is 11.4. The number of phosphoric ester groups is 1. The molecule has 1 amide bonds. The number of ether oxygens (including phenoxy) is 1. The summed E-state index contributed by atoms with van der Waals surface area (Å²) in [6, 6.07) is -0.894. The van der Waals surface area contributed by atoms with E-state index in [9.17, 15) is 19.0 Å². The Balaban J connectivity index is 5.00. The molecule has 86 heavy (non-hydrogen) atoms. The molecule has 0 aromatic rings. The van der Waals surface area contributed by atoms with Crippen LogP contribution in [0.5, 0.6) is 0 Å². The number of hydrogen-bond donors (Lipinski definition) is 1. The quantitative estimate of drug-likeness (QED) is 0.0212. The first kappa shape index (κ1) is 83.5. The predicted molar refractivity (Wildman–Crippen MR) is 372 cm³/mol. The Morgan fingerprint density at radius 1 is 0.407 bits per heavy atom. The smallest absolute Gasteiger partial charge is 0.306 e. The molecule has 0 fully saturated rings. The number of carbonyl (C=O) groups is 2. The summed E-state index contributed by atoms with van der Waals surface area (Å²) in [6.07, 6.45) is 86.0. The second-order valence-corrected chi connectivity index (χ2v) is 27.5. The minimum absolute atomic E-state index is 0.0241. The van der Waals surface area contributed by atoms with Crippen LogP contribution in [0.25, 0.3) is 0 Å². The average Bonchev–Trinajstić information content (AvgIpc) is 3.69. The van der Waals surface area contributed by atoms with Crippen molar-refractivity contribution in [2.45, 2.75) is 360 Å². The molecule has 3 atom stereocenters. The Kier molecular flexibility index (Phi) is 63.5. The first-order chi connectivity index (χ1) is 41.9. The van der Waals surface area contributed by atoms with Crippen molar-refractivity contribution in [3.05, 3.63) is 72.9 Å². The largest absolute Gasteiger partial charge is 0.756 e. The van der Waals surface area contributed by atoms with Gasteiger partial charge in [0.1, 0.15) is 19.3 Å². The van der Waals surface area contributed by atoms with Crippen LogP contribution in [0.1, 0.15) is 348 Å². The van der Waals surface area contributed by atoms with Crippen LogP contribution >= 0.6 is 7.82 Å². The van der Waals surface area contributed by atoms with Gasteiger partial charge in [-0.2, -0.15) is 0 Å². The van der Waals surface area contributed by atoms with E-state index in [1.54, 1.807) is 0 Å². The molecule has 0 aliphatic rings. The minimum atomic E-state index is -4.71. The van der Waals surface area contributed by atoms with E-state index in [0.717, 1.165) is 89.9 Å². The molecule has 1 N–H and O–H groups in total. The molecular weight excluding hydrogens is 1080 g/mol. The minimum Gasteiger partial charge on any atom is -0.756 e. The van der Waals surface area contributed by atoms with Crippen molar-refractivity contribution in [1.82, 2.24) is 5.32 Å². The van der Waals surface area contributed by atoms with Crippen molar-refractivity contribution in [1.29, 1.82) is 0 Å². The highest BCUT2D eigenvalue weighted by molar-refractivity contribution is 7.45. The highest BCUT2D eigenvalue weighted by atomic mass is 31.2. The number of allylic oxidation sites excluding steroid dienone is 11. The summed E-state index contributed by atoms with van der Waals surface area (Å²) in [5, 5.41) is 3.05. The lowest BCUT2D eigenvalue weighted by molar-refractivity contribution is -0.870. The number of carbonyl (C=O) groups excluding carboxylic acids is 2. The molecule has 0 aromatic carbocycles. The number of rotatable bonds is 67. The van der Waals surface area contributed by atoms with Crippen molar-refractivity contribution < 1.29 is 37.3 Å². The van der Waals surface area contributed by atoms with Crippen LogP contribution in [0.3, 0.4) is 0 Å². The first-order valence-electron chi connectivity index (χ1n) is 36.7. The standard InChI is InChI=1S/C76H141N2O7P/c1-7-10-13-16-19-22-25-28-30-32-34-36-37-38-39-40-41-43-44-46-48-50-53-56-59-62-65-68-75(79)77-73(72-84-86(81,82)83-71-70-78(4,5)6)74(67-64-61-58-55-52-27-24-21-18-15-12-9-3)85-76(80)69-66-63-60-57-54-51-49-47-45-42-35-33-31-29-26-23-20-17-14-11-8-2/h19-20,22-23,28-31,35,42,64,67,73-74H,7-18,21,24-27,32-34,36-41,43-63,65-66,68-72H2,1-6H3,(H-,77,79,81,82)/b22-19-,23-20-,30-28-,31-29-,42-35-,67-64-. The Labute approximate surface area is 533 Å². The number of esters is 1. The van der Waals surface area contributed by atoms with Crippen LogP contribution in [-0.4, -0.2) is 69.4 Å². The number of likely N-dealkylation sites (N-methyl/N-ethyl adjacent to an activating group) is 1. The van der Waals surface area contributed by atoms with E-state index in [1.807, 2.05) is 33.3 Å². The Morgan fingerprint density at radius 2 is 0.709 bits per heavy atom. The molecule has 0 radical (unpaired) electrons. The SMILES string of the molecule is CCCCC/C=C\C/C=C\C/C=C\CCCCCCCCCCC(=O)OC(/C=C\CCCCCCCCCCCC)C(COP(=O)([O-])OCC[N+](C)(C)C)NC(=O)CCCCCCCCCCCCCCCCCCC/C=C\C/C=C\CCCCC. The van der Waals surface area contributed by atoms with Gasteiger partial charge in [-0.05, 0) is 102 Å². The van der Waals surface area contributed by atoms with Crippen molar-refractivity contribution in [2.24, 2.45) is 0 Å². The van der Waals surface area contributed by atoms with Crippen LogP contribution in [0, 0.1) is 0 Å². The zero-order chi connectivity index (χ0) is 62.8. The fraction of sp³-hybridized carbons (Fsp3) is 0.816. The Morgan fingerprint density at radius 3 is 1.08 bits per heavy atom. The van der Waals surface area contributed by atoms with Gasteiger partial charge in [-0.25, -0.2) is 0 Å². The third kappa shape index (κ3) is 65.9. The van der Waals surface area contributed by atoms with E-state index < -0.39 is 20.0 Å². The van der Waals surface area contributed by atoms with E-state index in [4.69, 9.17) is 13.8 Å². The number of unbranched alkanes of at least 4 members (excludes halogenated alkanes) is 41. The van der Waals surface area contributed by atoms with Gasteiger partial charge in [-0.1, -0.05) is 306 Å². The second-order valence-electron chi connectivity index (χ2n) is 26.1. The number of amides is 1. The van der Waals surface area contributed by atoms with Crippen molar-refractivity contribution in [3.8, 4) is 0 Å². The number of phosphoric acid groups is 1. The molecule has 0 rings (SSSR count). The summed E-state index contributed by atoms with van der Waals surface area (Å²) in [4.78, 5) is 40.2. The molecular formula is C76H141N2O7P. The van der Waals surface area contributed by atoms with Gasteiger partial charge in [0.15, 0.2) is 0 Å². The summed E-state index contributed by atoms with van der Waals surface area (Å²) in [5.74, 6) is -0.538. The predicted octanol–water partition coefficient (Wildman–Crippen LogP) is 22.9. The topological polar surface area (TPSA) is 114 Å². The van der Waals surface area contributed by atoms with Crippen molar-refractivity contribution in [2.75, 3.05) is 40.9 Å². The van der Waals surface area contributed by atoms with Gasteiger partial charge in [0.2, 0.25) is 5.91 Å². The molecule has 0 aliphatic heterocycles. The molecule has 0 saturated carbocycles. The number of nitrogens with one attached hydrogen (secondary N) is 1. The number of hydrogen-bond acceptors (Lipinski definition) is 7. The van der Waals surface area contributed by atoms with Crippen molar-refractivity contribution in [3.63, 3.8) is 0 Å². The number of nitrogens with zero attached hydrogens (tertiary/aromatic N) is 1. The van der Waals surface area contributed by atoms with E-state index >= 15 is 0 Å². The Hall–Kier alpha value is -2.55. The average molecular weight is 1230 g/mol. The molecule has 10 heteroatoms. The van der Waals surface area contributed by atoms with Crippen LogP contribution in [0.15, 0.2) is 72.9 Å². The lowest BCUT2D eigenvalue weighted by Crippen LogP contribution is -2.47. The lowest BCUT2D eigenvalue weighted by Gasteiger charge is -2.30. The molecule has 0 bridgehead atoms. The molecule has 0 aliphatic carbocycles. The molecule has 9 nitrogen and oxygen atoms in total. The Bertz CT molecular complexity index is 1700. The van der Waals surface area contributed by atoms with Gasteiger partial charge in [-0.15, -0.1) is 0 Å². The summed E-state index contributed by atoms with van der Waals surface area (Å²) >= 11 is 0. The molecule has 0 saturated heterocycles. The number of quaternary nitrogens is 1. The summed E-state index contributed by atoms with van der Waals surface area (Å²) in [5.41, 5.74) is 0. The molecule has 3 unspecified atom stereocenters. The molecule has 0 heterocycles. The van der Waals surface area contributed by atoms with E-state index in [1.165, 1.54) is 225 Å².